The third kappa shape index (κ3) is 3.35. The summed E-state index contributed by atoms with van der Waals surface area (Å²) in [5, 5.41) is 0. The van der Waals surface area contributed by atoms with Crippen molar-refractivity contribution in [3.63, 3.8) is 0 Å². The van der Waals surface area contributed by atoms with Crippen LogP contribution in [0.2, 0.25) is 0 Å². The molecule has 0 spiro atoms. The third-order valence-electron chi connectivity index (χ3n) is 3.17. The Bertz CT molecular complexity index is 546. The molecule has 4 heteroatoms. The Labute approximate surface area is 114 Å². The fraction of sp³-hybridized carbons (Fsp3) is 0.400. The summed E-state index contributed by atoms with van der Waals surface area (Å²) >= 11 is 0. The average molecular weight is 259 g/mol. The van der Waals surface area contributed by atoms with E-state index in [1.54, 1.807) is 6.20 Å². The summed E-state index contributed by atoms with van der Waals surface area (Å²) in [5.74, 6) is 1.87. The van der Waals surface area contributed by atoms with Gasteiger partial charge in [-0.2, -0.15) is 0 Å². The van der Waals surface area contributed by atoms with Gasteiger partial charge < -0.3 is 15.0 Å². The lowest BCUT2D eigenvalue weighted by Crippen LogP contribution is -2.12. The van der Waals surface area contributed by atoms with Crippen molar-refractivity contribution in [2.24, 2.45) is 5.73 Å². The molecule has 0 fully saturated rings. The molecule has 0 aliphatic carbocycles. The van der Waals surface area contributed by atoms with Crippen molar-refractivity contribution < 1.29 is 4.74 Å². The molecule has 4 nitrogen and oxygen atoms in total. The molecule has 0 unspecified atom stereocenters. The van der Waals surface area contributed by atoms with Crippen LogP contribution in [-0.4, -0.2) is 16.2 Å². The van der Waals surface area contributed by atoms with Crippen LogP contribution in [-0.2, 0) is 6.54 Å². The summed E-state index contributed by atoms with van der Waals surface area (Å²) in [6, 6.07) is 6.10. The monoisotopic (exact) mass is 259 g/mol. The summed E-state index contributed by atoms with van der Waals surface area (Å²) in [6.45, 7) is 7.42. The Morgan fingerprint density at radius 3 is 2.79 bits per heavy atom. The highest BCUT2D eigenvalue weighted by Gasteiger charge is 2.08. The van der Waals surface area contributed by atoms with E-state index in [1.807, 2.05) is 32.2 Å². The maximum Gasteiger partial charge on any atom is 0.124 e. The zero-order valence-corrected chi connectivity index (χ0v) is 11.8. The van der Waals surface area contributed by atoms with Gasteiger partial charge in [-0.15, -0.1) is 0 Å². The molecule has 1 aromatic carbocycles. The molecule has 2 aromatic rings. The molecule has 1 aromatic heterocycles. The highest BCUT2D eigenvalue weighted by Crippen LogP contribution is 2.25. The van der Waals surface area contributed by atoms with Gasteiger partial charge in [-0.1, -0.05) is 17.7 Å². The summed E-state index contributed by atoms with van der Waals surface area (Å²) in [7, 11) is 0. The van der Waals surface area contributed by atoms with Crippen LogP contribution in [0, 0.1) is 13.8 Å². The normalized spacial score (nSPS) is 12.4. The van der Waals surface area contributed by atoms with Crippen LogP contribution >= 0.6 is 0 Å². The van der Waals surface area contributed by atoms with Gasteiger partial charge in [0.1, 0.15) is 18.2 Å². The number of hydrogen-bond acceptors (Lipinski definition) is 3. The van der Waals surface area contributed by atoms with Gasteiger partial charge in [-0.25, -0.2) is 4.98 Å². The second kappa shape index (κ2) is 5.89. The second-order valence-electron chi connectivity index (χ2n) is 4.85. The summed E-state index contributed by atoms with van der Waals surface area (Å²) in [5.41, 5.74) is 8.24. The number of nitrogens with two attached hydrogens (primary N) is 1. The summed E-state index contributed by atoms with van der Waals surface area (Å²) in [4.78, 5) is 4.19. The third-order valence-corrected chi connectivity index (χ3v) is 3.17. The van der Waals surface area contributed by atoms with Gasteiger partial charge in [0.2, 0.25) is 0 Å². The van der Waals surface area contributed by atoms with Gasteiger partial charge in [0.15, 0.2) is 0 Å². The van der Waals surface area contributed by atoms with E-state index >= 15 is 0 Å². The largest absolute Gasteiger partial charge is 0.491 e. The van der Waals surface area contributed by atoms with Crippen molar-refractivity contribution in [2.75, 3.05) is 6.61 Å². The summed E-state index contributed by atoms with van der Waals surface area (Å²) in [6.07, 6.45) is 3.76. The van der Waals surface area contributed by atoms with E-state index in [0.717, 1.165) is 23.7 Å². The average Bonchev–Trinajstić information content (AvgIpc) is 2.77. The van der Waals surface area contributed by atoms with Crippen LogP contribution in [0.1, 0.15) is 29.9 Å². The Kier molecular flexibility index (Phi) is 4.22. The second-order valence-corrected chi connectivity index (χ2v) is 4.85. The molecule has 0 aliphatic rings. The molecule has 2 N–H and O–H groups in total. The van der Waals surface area contributed by atoms with Crippen molar-refractivity contribution in [2.45, 2.75) is 33.4 Å². The first kappa shape index (κ1) is 13.6. The van der Waals surface area contributed by atoms with Crippen LogP contribution < -0.4 is 10.5 Å². The molecular formula is C15H21N3O. The lowest BCUT2D eigenvalue weighted by Gasteiger charge is -2.15. The van der Waals surface area contributed by atoms with Gasteiger partial charge in [-0.3, -0.25) is 0 Å². The topological polar surface area (TPSA) is 53.1 Å². The van der Waals surface area contributed by atoms with Crippen LogP contribution in [0.3, 0.4) is 0 Å². The first-order valence-electron chi connectivity index (χ1n) is 6.54. The highest BCUT2D eigenvalue weighted by molar-refractivity contribution is 5.38. The van der Waals surface area contributed by atoms with Crippen LogP contribution in [0.5, 0.6) is 5.75 Å². The number of nitrogens with zero attached hydrogens (tertiary/aromatic N) is 2. The van der Waals surface area contributed by atoms with Gasteiger partial charge in [0.05, 0.1) is 6.54 Å². The quantitative estimate of drug-likeness (QED) is 0.898. The van der Waals surface area contributed by atoms with Crippen LogP contribution in [0.15, 0.2) is 30.6 Å². The van der Waals surface area contributed by atoms with Gasteiger partial charge in [0.25, 0.3) is 0 Å². The maximum atomic E-state index is 5.98. The first-order valence-corrected chi connectivity index (χ1v) is 6.54. The number of imidazole rings is 1. The molecule has 1 atom stereocenters. The smallest absolute Gasteiger partial charge is 0.124 e. The fourth-order valence-electron chi connectivity index (χ4n) is 2.05. The SMILES string of the molecule is Cc1ccc(OCCn2ccnc2C)c([C@@H](C)N)c1. The molecule has 0 saturated heterocycles. The van der Waals surface area contributed by atoms with Crippen molar-refractivity contribution >= 4 is 0 Å². The lowest BCUT2D eigenvalue weighted by molar-refractivity contribution is 0.293. The molecule has 0 amide bonds. The first-order chi connectivity index (χ1) is 9.08. The standard InChI is InChI=1S/C15H21N3O/c1-11-4-5-15(14(10-11)12(2)16)19-9-8-18-7-6-17-13(18)3/h4-7,10,12H,8-9,16H2,1-3H3/t12-/m1/s1. The molecule has 0 bridgehead atoms. The Morgan fingerprint density at radius 1 is 1.37 bits per heavy atom. The minimum Gasteiger partial charge on any atom is -0.491 e. The zero-order valence-electron chi connectivity index (χ0n) is 11.8. The van der Waals surface area contributed by atoms with E-state index in [4.69, 9.17) is 10.5 Å². The van der Waals surface area contributed by atoms with Crippen LogP contribution in [0.25, 0.3) is 0 Å². The van der Waals surface area contributed by atoms with E-state index in [9.17, 15) is 0 Å². The molecule has 19 heavy (non-hydrogen) atoms. The molecule has 1 heterocycles. The number of hydrogen-bond donors (Lipinski definition) is 1. The molecular weight excluding hydrogens is 238 g/mol. The predicted molar refractivity (Wildman–Crippen MR) is 76.2 cm³/mol. The fourth-order valence-corrected chi connectivity index (χ4v) is 2.05. The number of aryl methyl sites for hydroxylation is 2. The predicted octanol–water partition coefficient (Wildman–Crippen LogP) is 2.60. The minimum absolute atomic E-state index is 0.0233. The molecule has 2 rings (SSSR count). The highest BCUT2D eigenvalue weighted by atomic mass is 16.5. The van der Waals surface area contributed by atoms with Crippen molar-refractivity contribution in [1.82, 2.24) is 9.55 Å². The number of ether oxygens (including phenoxy) is 1. The van der Waals surface area contributed by atoms with Crippen molar-refractivity contribution in [3.05, 3.63) is 47.5 Å². The Morgan fingerprint density at radius 2 is 2.16 bits per heavy atom. The summed E-state index contributed by atoms with van der Waals surface area (Å²) < 4.78 is 7.92. The zero-order chi connectivity index (χ0) is 13.8. The molecule has 0 aliphatic heterocycles. The molecule has 0 radical (unpaired) electrons. The molecule has 102 valence electrons. The Hall–Kier alpha value is -1.81. The lowest BCUT2D eigenvalue weighted by atomic mass is 10.1. The van der Waals surface area contributed by atoms with E-state index in [0.29, 0.717) is 6.61 Å². The molecule has 0 saturated carbocycles. The van der Waals surface area contributed by atoms with E-state index in [1.165, 1.54) is 5.56 Å². The van der Waals surface area contributed by atoms with Gasteiger partial charge in [0, 0.05) is 24.0 Å². The number of aromatic nitrogens is 2. The van der Waals surface area contributed by atoms with Gasteiger partial charge >= 0.3 is 0 Å². The number of benzene rings is 1. The Balaban J connectivity index is 2.01. The van der Waals surface area contributed by atoms with Crippen LogP contribution in [0.4, 0.5) is 0 Å². The number of rotatable bonds is 5. The van der Waals surface area contributed by atoms with Crippen molar-refractivity contribution in [1.29, 1.82) is 0 Å². The van der Waals surface area contributed by atoms with E-state index in [2.05, 4.69) is 22.5 Å². The van der Waals surface area contributed by atoms with Crippen molar-refractivity contribution in [3.8, 4) is 5.75 Å². The maximum absolute atomic E-state index is 5.98. The van der Waals surface area contributed by atoms with E-state index in [-0.39, 0.29) is 6.04 Å². The minimum atomic E-state index is -0.0233. The van der Waals surface area contributed by atoms with E-state index < -0.39 is 0 Å². The van der Waals surface area contributed by atoms with Gasteiger partial charge in [-0.05, 0) is 26.8 Å².